The van der Waals surface area contributed by atoms with Crippen molar-refractivity contribution < 1.29 is 18.5 Å². The van der Waals surface area contributed by atoms with E-state index in [-0.39, 0.29) is 23.7 Å². The number of nitro benzene ring substituents is 1. The van der Waals surface area contributed by atoms with Crippen molar-refractivity contribution in [1.82, 2.24) is 4.90 Å². The zero-order valence-electron chi connectivity index (χ0n) is 13.6. The van der Waals surface area contributed by atoms with Crippen molar-refractivity contribution >= 4 is 23.4 Å². The molecular formula is C17H16F2N2O3S. The van der Waals surface area contributed by atoms with E-state index >= 15 is 0 Å². The second-order valence-corrected chi connectivity index (χ2v) is 6.86. The maximum Gasteiger partial charge on any atom is 0.269 e. The summed E-state index contributed by atoms with van der Waals surface area (Å²) in [6.45, 7) is 1.72. The van der Waals surface area contributed by atoms with Gasteiger partial charge in [0.25, 0.3) is 5.69 Å². The van der Waals surface area contributed by atoms with E-state index in [2.05, 4.69) is 0 Å². The van der Waals surface area contributed by atoms with Crippen molar-refractivity contribution in [2.45, 2.75) is 23.6 Å². The molecule has 0 aliphatic carbocycles. The predicted octanol–water partition coefficient (Wildman–Crippen LogP) is 4.01. The van der Waals surface area contributed by atoms with Gasteiger partial charge >= 0.3 is 0 Å². The fourth-order valence-corrected chi connectivity index (χ4v) is 3.18. The SMILES string of the molecule is CC(Sc1ccc([N+](=O)[O-])cc1)C(=O)N(C)Cc1ccc(F)cc1F. The number of non-ortho nitro benzene ring substituents is 1. The Hall–Kier alpha value is -2.48. The van der Waals surface area contributed by atoms with Crippen LogP contribution >= 0.6 is 11.8 Å². The molecule has 0 spiro atoms. The molecule has 2 rings (SSSR count). The highest BCUT2D eigenvalue weighted by atomic mass is 32.2. The van der Waals surface area contributed by atoms with Crippen LogP contribution < -0.4 is 0 Å². The van der Waals surface area contributed by atoms with Gasteiger partial charge in [-0.1, -0.05) is 6.07 Å². The highest BCUT2D eigenvalue weighted by molar-refractivity contribution is 8.00. The fourth-order valence-electron chi connectivity index (χ4n) is 2.19. The number of thioether (sulfide) groups is 1. The Kier molecular flexibility index (Phi) is 6.08. The number of amides is 1. The normalized spacial score (nSPS) is 11.8. The molecule has 2 aromatic rings. The monoisotopic (exact) mass is 366 g/mol. The van der Waals surface area contributed by atoms with Gasteiger partial charge < -0.3 is 4.90 Å². The van der Waals surface area contributed by atoms with Gasteiger partial charge in [-0.05, 0) is 25.1 Å². The Morgan fingerprint density at radius 1 is 1.24 bits per heavy atom. The van der Waals surface area contributed by atoms with Crippen molar-refractivity contribution in [2.75, 3.05) is 7.05 Å². The molecule has 0 N–H and O–H groups in total. The lowest BCUT2D eigenvalue weighted by atomic mass is 10.2. The maximum absolute atomic E-state index is 13.7. The highest BCUT2D eigenvalue weighted by Gasteiger charge is 2.20. The number of halogens is 2. The molecule has 0 heterocycles. The van der Waals surface area contributed by atoms with E-state index < -0.39 is 21.8 Å². The fraction of sp³-hybridized carbons (Fsp3) is 0.235. The summed E-state index contributed by atoms with van der Waals surface area (Å²) in [6.07, 6.45) is 0. The largest absolute Gasteiger partial charge is 0.340 e. The lowest BCUT2D eigenvalue weighted by Crippen LogP contribution is -2.33. The molecule has 0 saturated heterocycles. The van der Waals surface area contributed by atoms with Gasteiger partial charge in [-0.3, -0.25) is 14.9 Å². The predicted molar refractivity (Wildman–Crippen MR) is 91.2 cm³/mol. The quantitative estimate of drug-likeness (QED) is 0.440. The molecule has 0 aliphatic heterocycles. The third kappa shape index (κ3) is 4.99. The Morgan fingerprint density at radius 2 is 1.88 bits per heavy atom. The van der Waals surface area contributed by atoms with Crippen LogP contribution in [0.25, 0.3) is 0 Å². The van der Waals surface area contributed by atoms with Gasteiger partial charge in [-0.15, -0.1) is 11.8 Å². The summed E-state index contributed by atoms with van der Waals surface area (Å²) < 4.78 is 26.6. The average Bonchev–Trinajstić information content (AvgIpc) is 2.57. The molecule has 1 unspecified atom stereocenters. The Labute approximate surface area is 147 Å². The minimum absolute atomic E-state index is 0.0211. The topological polar surface area (TPSA) is 63.5 Å². The van der Waals surface area contributed by atoms with E-state index in [4.69, 9.17) is 0 Å². The standard InChI is InChI=1S/C17H16F2N2O3S/c1-11(25-15-7-5-14(6-8-15)21(23)24)17(22)20(2)10-12-3-4-13(18)9-16(12)19/h3-9,11H,10H2,1-2H3. The Bertz CT molecular complexity index is 784. The van der Waals surface area contributed by atoms with E-state index in [9.17, 15) is 23.7 Å². The summed E-state index contributed by atoms with van der Waals surface area (Å²) in [4.78, 5) is 24.6. The third-order valence-electron chi connectivity index (χ3n) is 3.51. The number of nitro groups is 1. The zero-order chi connectivity index (χ0) is 18.6. The number of rotatable bonds is 6. The van der Waals surface area contributed by atoms with Crippen LogP contribution in [0.2, 0.25) is 0 Å². The number of carbonyl (C=O) groups excluding carboxylic acids is 1. The maximum atomic E-state index is 13.7. The van der Waals surface area contributed by atoms with Gasteiger partial charge in [0.05, 0.1) is 10.2 Å². The van der Waals surface area contributed by atoms with Crippen molar-refractivity contribution in [3.05, 3.63) is 69.8 Å². The number of nitrogens with zero attached hydrogens (tertiary/aromatic N) is 2. The smallest absolute Gasteiger partial charge is 0.269 e. The van der Waals surface area contributed by atoms with Crippen LogP contribution in [0.4, 0.5) is 14.5 Å². The summed E-state index contributed by atoms with van der Waals surface area (Å²) in [5.74, 6) is -1.60. The number of hydrogen-bond acceptors (Lipinski definition) is 4. The van der Waals surface area contributed by atoms with Crippen molar-refractivity contribution in [2.24, 2.45) is 0 Å². The lowest BCUT2D eigenvalue weighted by molar-refractivity contribution is -0.384. The zero-order valence-corrected chi connectivity index (χ0v) is 14.4. The summed E-state index contributed by atoms with van der Waals surface area (Å²) in [7, 11) is 1.54. The van der Waals surface area contributed by atoms with Gasteiger partial charge in [-0.2, -0.15) is 0 Å². The summed E-state index contributed by atoms with van der Waals surface area (Å²) >= 11 is 1.25. The molecule has 132 valence electrons. The first-order valence-corrected chi connectivity index (χ1v) is 8.26. The van der Waals surface area contributed by atoms with E-state index in [0.29, 0.717) is 4.90 Å². The van der Waals surface area contributed by atoms with Crippen LogP contribution in [-0.2, 0) is 11.3 Å². The van der Waals surface area contributed by atoms with E-state index in [1.165, 1.54) is 41.9 Å². The molecule has 0 saturated carbocycles. The highest BCUT2D eigenvalue weighted by Crippen LogP contribution is 2.26. The number of hydrogen-bond donors (Lipinski definition) is 0. The molecule has 8 heteroatoms. The average molecular weight is 366 g/mol. The van der Waals surface area contributed by atoms with Gasteiger partial charge in [0.15, 0.2) is 0 Å². The van der Waals surface area contributed by atoms with E-state index in [1.54, 1.807) is 19.1 Å². The summed E-state index contributed by atoms with van der Waals surface area (Å²) in [5.41, 5.74) is 0.206. The van der Waals surface area contributed by atoms with Crippen LogP contribution in [0.15, 0.2) is 47.4 Å². The van der Waals surface area contributed by atoms with Crippen molar-refractivity contribution in [3.63, 3.8) is 0 Å². The first kappa shape index (κ1) is 18.9. The van der Waals surface area contributed by atoms with Gasteiger partial charge in [-0.25, -0.2) is 8.78 Å². The molecule has 25 heavy (non-hydrogen) atoms. The van der Waals surface area contributed by atoms with Crippen LogP contribution in [0, 0.1) is 21.7 Å². The summed E-state index contributed by atoms with van der Waals surface area (Å²) in [5, 5.41) is 10.2. The Balaban J connectivity index is 1.99. The van der Waals surface area contributed by atoms with E-state index in [1.807, 2.05) is 0 Å². The molecule has 0 fully saturated rings. The minimum atomic E-state index is -0.699. The van der Waals surface area contributed by atoms with Crippen LogP contribution in [0.3, 0.4) is 0 Å². The van der Waals surface area contributed by atoms with Crippen LogP contribution in [-0.4, -0.2) is 28.0 Å². The molecular weight excluding hydrogens is 350 g/mol. The van der Waals surface area contributed by atoms with E-state index in [0.717, 1.165) is 12.1 Å². The van der Waals surface area contributed by atoms with Gasteiger partial charge in [0, 0.05) is 42.3 Å². The van der Waals surface area contributed by atoms with Crippen LogP contribution in [0.1, 0.15) is 12.5 Å². The second-order valence-electron chi connectivity index (χ2n) is 5.44. The van der Waals surface area contributed by atoms with Gasteiger partial charge in [0.2, 0.25) is 5.91 Å². The molecule has 1 atom stereocenters. The van der Waals surface area contributed by atoms with Crippen molar-refractivity contribution in [3.8, 4) is 0 Å². The summed E-state index contributed by atoms with van der Waals surface area (Å²) in [6, 6.07) is 9.13. The molecule has 1 amide bonds. The van der Waals surface area contributed by atoms with Crippen molar-refractivity contribution in [1.29, 1.82) is 0 Å². The van der Waals surface area contributed by atoms with Crippen LogP contribution in [0.5, 0.6) is 0 Å². The lowest BCUT2D eigenvalue weighted by Gasteiger charge is -2.21. The number of carbonyl (C=O) groups is 1. The molecule has 0 aromatic heterocycles. The Morgan fingerprint density at radius 3 is 2.44 bits per heavy atom. The number of benzene rings is 2. The minimum Gasteiger partial charge on any atom is -0.340 e. The van der Waals surface area contributed by atoms with Gasteiger partial charge in [0.1, 0.15) is 11.6 Å². The molecule has 0 bridgehead atoms. The molecule has 5 nitrogen and oxygen atoms in total. The first-order chi connectivity index (χ1) is 11.8. The molecule has 0 aliphatic rings. The molecule has 2 aromatic carbocycles. The molecule has 0 radical (unpaired) electrons. The third-order valence-corrected chi connectivity index (χ3v) is 4.61. The second kappa shape index (κ2) is 8.06. The first-order valence-electron chi connectivity index (χ1n) is 7.38.